The van der Waals surface area contributed by atoms with Crippen molar-refractivity contribution in [3.05, 3.63) is 53.2 Å². The molecule has 1 aromatic carbocycles. The minimum absolute atomic E-state index is 0.606. The van der Waals surface area contributed by atoms with Gasteiger partial charge in [-0.3, -0.25) is 0 Å². The van der Waals surface area contributed by atoms with Crippen LogP contribution in [-0.2, 0) is 6.42 Å². The van der Waals surface area contributed by atoms with Crippen LogP contribution < -0.4 is 0 Å². The standard InChI is InChI=1S/C17H25N.C3H4N2O/c1-5-13(2)17-15(10-11-18(3)4)12-14-8-6-7-9-16(14)17;1-3-5-4-2-6-3/h6-9,13H,5,10-12H2,1-4H3;2H,1H3. The van der Waals surface area contributed by atoms with Crippen molar-refractivity contribution in [2.24, 2.45) is 5.92 Å². The molecule has 130 valence electrons. The first-order chi connectivity index (χ1) is 11.5. The summed E-state index contributed by atoms with van der Waals surface area (Å²) in [5.74, 6) is 1.29. The summed E-state index contributed by atoms with van der Waals surface area (Å²) in [7, 11) is 4.32. The van der Waals surface area contributed by atoms with Crippen LogP contribution in [0.4, 0.5) is 0 Å². The Balaban J connectivity index is 0.000000292. The molecule has 0 aliphatic heterocycles. The van der Waals surface area contributed by atoms with Crippen molar-refractivity contribution in [2.45, 2.75) is 40.0 Å². The third kappa shape index (κ3) is 4.78. The Kier molecular flexibility index (Phi) is 6.73. The van der Waals surface area contributed by atoms with Crippen molar-refractivity contribution in [3.8, 4) is 0 Å². The van der Waals surface area contributed by atoms with Crippen molar-refractivity contribution < 1.29 is 4.42 Å². The Morgan fingerprint density at radius 1 is 1.25 bits per heavy atom. The molecule has 0 amide bonds. The molecule has 3 rings (SSSR count). The molecule has 1 aliphatic carbocycles. The maximum Gasteiger partial charge on any atom is 0.213 e. The van der Waals surface area contributed by atoms with Gasteiger partial charge in [0.2, 0.25) is 12.3 Å². The Labute approximate surface area is 145 Å². The summed E-state index contributed by atoms with van der Waals surface area (Å²) in [6.45, 7) is 7.56. The summed E-state index contributed by atoms with van der Waals surface area (Å²) < 4.78 is 4.61. The molecule has 0 radical (unpaired) electrons. The predicted octanol–water partition coefficient (Wildman–Crippen LogP) is 4.37. The maximum atomic E-state index is 4.61. The van der Waals surface area contributed by atoms with E-state index in [0.29, 0.717) is 11.8 Å². The smallest absolute Gasteiger partial charge is 0.213 e. The lowest BCUT2D eigenvalue weighted by Crippen LogP contribution is -2.14. The van der Waals surface area contributed by atoms with Crippen LogP contribution in [0.1, 0.15) is 43.7 Å². The third-order valence-electron chi connectivity index (χ3n) is 4.53. The van der Waals surface area contributed by atoms with Crippen molar-refractivity contribution in [2.75, 3.05) is 20.6 Å². The Morgan fingerprint density at radius 3 is 2.54 bits per heavy atom. The monoisotopic (exact) mass is 327 g/mol. The molecule has 4 nitrogen and oxygen atoms in total. The average Bonchev–Trinajstić information content (AvgIpc) is 3.19. The molecule has 0 spiro atoms. The van der Waals surface area contributed by atoms with Crippen LogP contribution in [0.2, 0.25) is 0 Å². The topological polar surface area (TPSA) is 42.2 Å². The minimum Gasteiger partial charge on any atom is -0.428 e. The van der Waals surface area contributed by atoms with Gasteiger partial charge in [-0.2, -0.15) is 0 Å². The van der Waals surface area contributed by atoms with Crippen LogP contribution in [0.5, 0.6) is 0 Å². The number of aryl methyl sites for hydroxylation is 1. The van der Waals surface area contributed by atoms with E-state index in [9.17, 15) is 0 Å². The van der Waals surface area contributed by atoms with Crippen molar-refractivity contribution in [3.63, 3.8) is 0 Å². The van der Waals surface area contributed by atoms with Crippen LogP contribution in [0.15, 0.2) is 40.6 Å². The second-order valence-corrected chi connectivity index (χ2v) is 6.67. The molecule has 2 aromatic rings. The number of aromatic nitrogens is 2. The van der Waals surface area contributed by atoms with E-state index >= 15 is 0 Å². The fraction of sp³-hybridized carbons (Fsp3) is 0.500. The zero-order valence-corrected chi connectivity index (χ0v) is 15.5. The maximum absolute atomic E-state index is 4.61. The average molecular weight is 327 g/mol. The molecule has 24 heavy (non-hydrogen) atoms. The number of hydrogen-bond donors (Lipinski definition) is 0. The fourth-order valence-corrected chi connectivity index (χ4v) is 3.08. The molecular weight excluding hydrogens is 298 g/mol. The van der Waals surface area contributed by atoms with Crippen LogP contribution in [0.3, 0.4) is 0 Å². The Bertz CT molecular complexity index is 659. The number of fused-ring (bicyclic) bond motifs is 1. The van der Waals surface area contributed by atoms with Crippen LogP contribution >= 0.6 is 0 Å². The largest absolute Gasteiger partial charge is 0.428 e. The molecule has 0 saturated heterocycles. The summed E-state index contributed by atoms with van der Waals surface area (Å²) >= 11 is 0. The molecule has 1 aliphatic rings. The van der Waals surface area contributed by atoms with E-state index in [4.69, 9.17) is 0 Å². The van der Waals surface area contributed by atoms with Crippen molar-refractivity contribution >= 4 is 5.57 Å². The van der Waals surface area contributed by atoms with Gasteiger partial charge < -0.3 is 9.32 Å². The molecule has 1 atom stereocenters. The highest BCUT2D eigenvalue weighted by Gasteiger charge is 2.23. The number of rotatable bonds is 5. The lowest BCUT2D eigenvalue weighted by molar-refractivity contribution is 0.412. The summed E-state index contributed by atoms with van der Waals surface area (Å²) in [6, 6.07) is 8.94. The first-order valence-corrected chi connectivity index (χ1v) is 8.70. The molecule has 0 fully saturated rings. The first kappa shape index (κ1) is 18.4. The third-order valence-corrected chi connectivity index (χ3v) is 4.53. The SMILES string of the molecule is CCC(C)C1=C(CCN(C)C)Cc2ccccc21.Cc1nnco1. The molecule has 0 bridgehead atoms. The summed E-state index contributed by atoms with van der Waals surface area (Å²) in [6.07, 6.45) is 4.91. The normalized spacial score (nSPS) is 14.4. The second-order valence-electron chi connectivity index (χ2n) is 6.67. The number of allylic oxidation sites excluding steroid dienone is 1. The van der Waals surface area contributed by atoms with E-state index in [-0.39, 0.29) is 0 Å². The van der Waals surface area contributed by atoms with Gasteiger partial charge in [0.05, 0.1) is 0 Å². The van der Waals surface area contributed by atoms with Gasteiger partial charge in [0.15, 0.2) is 0 Å². The predicted molar refractivity (Wildman–Crippen MR) is 98.7 cm³/mol. The van der Waals surface area contributed by atoms with Gasteiger partial charge in [-0.05, 0) is 56.0 Å². The van der Waals surface area contributed by atoms with E-state index < -0.39 is 0 Å². The van der Waals surface area contributed by atoms with Gasteiger partial charge in [-0.1, -0.05) is 43.7 Å². The number of benzene rings is 1. The highest BCUT2D eigenvalue weighted by molar-refractivity contribution is 5.77. The van der Waals surface area contributed by atoms with Gasteiger partial charge in [-0.15, -0.1) is 10.2 Å². The molecule has 0 saturated carbocycles. The Hall–Kier alpha value is -1.94. The van der Waals surface area contributed by atoms with Gasteiger partial charge >= 0.3 is 0 Å². The molecule has 1 heterocycles. The van der Waals surface area contributed by atoms with Crippen LogP contribution in [-0.4, -0.2) is 35.7 Å². The Morgan fingerprint density at radius 2 is 2.00 bits per heavy atom. The molecule has 1 aromatic heterocycles. The van der Waals surface area contributed by atoms with Gasteiger partial charge in [0.25, 0.3) is 0 Å². The first-order valence-electron chi connectivity index (χ1n) is 8.70. The fourth-order valence-electron chi connectivity index (χ4n) is 3.08. The molecule has 0 N–H and O–H groups in total. The van der Waals surface area contributed by atoms with Gasteiger partial charge in [0.1, 0.15) is 0 Å². The number of nitrogens with zero attached hydrogens (tertiary/aromatic N) is 3. The zero-order chi connectivity index (χ0) is 17.5. The quantitative estimate of drug-likeness (QED) is 0.817. The summed E-state index contributed by atoms with van der Waals surface area (Å²) in [5, 5.41) is 6.91. The van der Waals surface area contributed by atoms with Crippen molar-refractivity contribution in [1.29, 1.82) is 0 Å². The van der Waals surface area contributed by atoms with E-state index in [2.05, 4.69) is 71.7 Å². The van der Waals surface area contributed by atoms with Gasteiger partial charge in [0, 0.05) is 13.5 Å². The van der Waals surface area contributed by atoms with Crippen molar-refractivity contribution in [1.82, 2.24) is 15.1 Å². The zero-order valence-electron chi connectivity index (χ0n) is 15.5. The molecule has 1 unspecified atom stereocenters. The highest BCUT2D eigenvalue weighted by Crippen LogP contribution is 2.39. The second kappa shape index (κ2) is 8.78. The molecule has 4 heteroatoms. The highest BCUT2D eigenvalue weighted by atomic mass is 16.4. The van der Waals surface area contributed by atoms with E-state index in [0.717, 1.165) is 6.54 Å². The molecular formula is C20H29N3O. The lowest BCUT2D eigenvalue weighted by atomic mass is 9.90. The summed E-state index contributed by atoms with van der Waals surface area (Å²) in [5.41, 5.74) is 6.34. The summed E-state index contributed by atoms with van der Waals surface area (Å²) in [4.78, 5) is 2.28. The number of hydrogen-bond acceptors (Lipinski definition) is 4. The van der Waals surface area contributed by atoms with Crippen LogP contribution in [0, 0.1) is 12.8 Å². The van der Waals surface area contributed by atoms with E-state index in [1.54, 1.807) is 18.1 Å². The van der Waals surface area contributed by atoms with E-state index in [1.165, 1.54) is 36.8 Å². The van der Waals surface area contributed by atoms with Crippen LogP contribution in [0.25, 0.3) is 5.57 Å². The lowest BCUT2D eigenvalue weighted by Gasteiger charge is -2.16. The van der Waals surface area contributed by atoms with E-state index in [1.807, 2.05) is 0 Å². The van der Waals surface area contributed by atoms with Gasteiger partial charge in [-0.25, -0.2) is 0 Å². The minimum atomic E-state index is 0.606.